The number of nitrogens with two attached hydrogens (primary N) is 1. The first-order chi connectivity index (χ1) is 7.84. The van der Waals surface area contributed by atoms with Crippen LogP contribution in [-0.4, -0.2) is 27.3 Å². The number of nitrogen functional groups attached to an aromatic ring is 1. The average Bonchev–Trinajstić information content (AvgIpc) is 2.90. The zero-order valence-corrected chi connectivity index (χ0v) is 8.97. The van der Waals surface area contributed by atoms with Gasteiger partial charge in [-0.2, -0.15) is 0 Å². The second-order valence-electron chi connectivity index (χ2n) is 4.11. The third-order valence-corrected chi connectivity index (χ3v) is 2.97. The predicted octanol–water partition coefficient (Wildman–Crippen LogP) is 1.03. The Morgan fingerprint density at radius 3 is 3.25 bits per heavy atom. The highest BCUT2D eigenvalue weighted by molar-refractivity contribution is 5.63. The number of ether oxygens (including phenoxy) is 1. The summed E-state index contributed by atoms with van der Waals surface area (Å²) in [6.45, 7) is 0.865. The summed E-state index contributed by atoms with van der Waals surface area (Å²) in [6.07, 6.45) is 5.29. The summed E-state index contributed by atoms with van der Waals surface area (Å²) in [7, 11) is 0. The molecule has 1 fully saturated rings. The number of rotatable bonds is 2. The van der Waals surface area contributed by atoms with E-state index in [1.54, 1.807) is 0 Å². The minimum absolute atomic E-state index is 0.286. The van der Waals surface area contributed by atoms with Crippen LogP contribution in [0.5, 0.6) is 0 Å². The molecule has 0 aromatic carbocycles. The summed E-state index contributed by atoms with van der Waals surface area (Å²) in [5.41, 5.74) is 7.22. The van der Waals surface area contributed by atoms with Crippen LogP contribution in [0.15, 0.2) is 18.3 Å². The second kappa shape index (κ2) is 3.75. The highest BCUT2D eigenvalue weighted by Crippen LogP contribution is 2.18. The largest absolute Gasteiger partial charge is 0.396 e. The Bertz CT molecular complexity index is 502. The maximum Gasteiger partial charge on any atom is 0.183 e. The van der Waals surface area contributed by atoms with Gasteiger partial charge >= 0.3 is 0 Å². The lowest BCUT2D eigenvalue weighted by Crippen LogP contribution is -2.11. The third-order valence-electron chi connectivity index (χ3n) is 2.97. The molecule has 1 aliphatic rings. The maximum absolute atomic E-state index is 5.82. The number of hydrogen-bond acceptors (Lipinski definition) is 4. The number of anilines is 1. The van der Waals surface area contributed by atoms with Crippen molar-refractivity contribution in [2.45, 2.75) is 25.4 Å². The molecule has 0 radical (unpaired) electrons. The van der Waals surface area contributed by atoms with E-state index in [2.05, 4.69) is 10.2 Å². The predicted molar refractivity (Wildman–Crippen MR) is 60.1 cm³/mol. The molecule has 3 rings (SSSR count). The second-order valence-corrected chi connectivity index (χ2v) is 4.11. The molecular formula is C11H14N4O. The lowest BCUT2D eigenvalue weighted by Gasteiger charge is -2.07. The molecule has 3 heterocycles. The lowest BCUT2D eigenvalue weighted by molar-refractivity contribution is 0.109. The Hall–Kier alpha value is -1.62. The molecule has 2 N–H and O–H groups in total. The number of aromatic nitrogens is 3. The molecule has 1 saturated heterocycles. The molecule has 5 nitrogen and oxygen atoms in total. The summed E-state index contributed by atoms with van der Waals surface area (Å²) in [5, 5.41) is 8.27. The van der Waals surface area contributed by atoms with Gasteiger partial charge < -0.3 is 10.5 Å². The Kier molecular flexibility index (Phi) is 2.25. The fraction of sp³-hybridized carbons (Fsp3) is 0.455. The van der Waals surface area contributed by atoms with Crippen LogP contribution >= 0.6 is 0 Å². The van der Waals surface area contributed by atoms with E-state index in [4.69, 9.17) is 10.5 Å². The van der Waals surface area contributed by atoms with Crippen molar-refractivity contribution in [2.24, 2.45) is 0 Å². The Balaban J connectivity index is 1.94. The molecule has 2 aromatic heterocycles. The zero-order chi connectivity index (χ0) is 11.0. The molecule has 1 aliphatic heterocycles. The van der Waals surface area contributed by atoms with E-state index in [1.165, 1.54) is 0 Å². The molecule has 0 bridgehead atoms. The van der Waals surface area contributed by atoms with Gasteiger partial charge in [-0.15, -0.1) is 10.2 Å². The zero-order valence-electron chi connectivity index (χ0n) is 8.97. The minimum atomic E-state index is 0.286. The standard InChI is InChI=1S/C11H14N4O/c12-9-4-1-5-15-10(13-14-11(9)15)7-8-3-2-6-16-8/h1,4-5,8H,2-3,6-7,12H2. The summed E-state index contributed by atoms with van der Waals surface area (Å²) >= 11 is 0. The Labute approximate surface area is 93.2 Å². The summed E-state index contributed by atoms with van der Waals surface area (Å²) in [4.78, 5) is 0. The number of nitrogens with zero attached hydrogens (tertiary/aromatic N) is 3. The van der Waals surface area contributed by atoms with Crippen LogP contribution in [0.3, 0.4) is 0 Å². The molecule has 5 heteroatoms. The maximum atomic E-state index is 5.82. The summed E-state index contributed by atoms with van der Waals surface area (Å²) < 4.78 is 7.53. The van der Waals surface area contributed by atoms with Gasteiger partial charge in [0.15, 0.2) is 5.65 Å². The van der Waals surface area contributed by atoms with E-state index in [0.717, 1.165) is 37.3 Å². The van der Waals surface area contributed by atoms with Crippen LogP contribution in [-0.2, 0) is 11.2 Å². The molecule has 84 valence electrons. The van der Waals surface area contributed by atoms with Crippen LogP contribution in [0.1, 0.15) is 18.7 Å². The summed E-state index contributed by atoms with van der Waals surface area (Å²) in [5.74, 6) is 0.925. The number of fused-ring (bicyclic) bond motifs is 1. The first-order valence-electron chi connectivity index (χ1n) is 5.54. The number of hydrogen-bond donors (Lipinski definition) is 1. The molecule has 0 spiro atoms. The molecule has 1 unspecified atom stereocenters. The third kappa shape index (κ3) is 1.53. The fourth-order valence-corrected chi connectivity index (χ4v) is 2.13. The van der Waals surface area contributed by atoms with E-state index in [0.29, 0.717) is 5.69 Å². The number of pyridine rings is 1. The summed E-state index contributed by atoms with van der Waals surface area (Å²) in [6, 6.07) is 3.74. The van der Waals surface area contributed by atoms with E-state index < -0.39 is 0 Å². The Morgan fingerprint density at radius 2 is 2.44 bits per heavy atom. The van der Waals surface area contributed by atoms with E-state index in [9.17, 15) is 0 Å². The van der Waals surface area contributed by atoms with Gasteiger partial charge in [-0.05, 0) is 25.0 Å². The van der Waals surface area contributed by atoms with Gasteiger partial charge in [0, 0.05) is 19.2 Å². The molecular weight excluding hydrogens is 204 g/mol. The monoisotopic (exact) mass is 218 g/mol. The minimum Gasteiger partial charge on any atom is -0.396 e. The van der Waals surface area contributed by atoms with Crippen molar-refractivity contribution in [3.63, 3.8) is 0 Å². The first kappa shape index (κ1) is 9.59. The fourth-order valence-electron chi connectivity index (χ4n) is 2.13. The molecule has 16 heavy (non-hydrogen) atoms. The molecule has 0 amide bonds. The van der Waals surface area contributed by atoms with Crippen molar-refractivity contribution in [1.82, 2.24) is 14.6 Å². The average molecular weight is 218 g/mol. The molecule has 2 aromatic rings. The SMILES string of the molecule is Nc1cccn2c(CC3CCCO3)nnc12. The van der Waals surface area contributed by atoms with Crippen molar-refractivity contribution in [3.8, 4) is 0 Å². The Morgan fingerprint density at radius 1 is 1.50 bits per heavy atom. The van der Waals surface area contributed by atoms with Gasteiger partial charge in [0.05, 0.1) is 11.8 Å². The van der Waals surface area contributed by atoms with Crippen molar-refractivity contribution in [2.75, 3.05) is 12.3 Å². The smallest absolute Gasteiger partial charge is 0.183 e. The lowest BCUT2D eigenvalue weighted by atomic mass is 10.2. The van der Waals surface area contributed by atoms with Crippen LogP contribution in [0.4, 0.5) is 5.69 Å². The quantitative estimate of drug-likeness (QED) is 0.817. The van der Waals surface area contributed by atoms with Gasteiger partial charge in [0.1, 0.15) is 5.82 Å². The van der Waals surface area contributed by atoms with E-state index >= 15 is 0 Å². The van der Waals surface area contributed by atoms with E-state index in [1.807, 2.05) is 22.7 Å². The first-order valence-corrected chi connectivity index (χ1v) is 5.54. The molecule has 0 aliphatic carbocycles. The van der Waals surface area contributed by atoms with Crippen LogP contribution in [0.2, 0.25) is 0 Å². The van der Waals surface area contributed by atoms with E-state index in [-0.39, 0.29) is 6.10 Å². The van der Waals surface area contributed by atoms with Crippen LogP contribution in [0.25, 0.3) is 5.65 Å². The van der Waals surface area contributed by atoms with Crippen molar-refractivity contribution in [1.29, 1.82) is 0 Å². The van der Waals surface area contributed by atoms with Crippen LogP contribution < -0.4 is 5.73 Å². The topological polar surface area (TPSA) is 65.4 Å². The van der Waals surface area contributed by atoms with Gasteiger partial charge in [-0.25, -0.2) is 0 Å². The van der Waals surface area contributed by atoms with Gasteiger partial charge in [0.2, 0.25) is 0 Å². The van der Waals surface area contributed by atoms with Crippen molar-refractivity contribution < 1.29 is 4.74 Å². The van der Waals surface area contributed by atoms with Crippen LogP contribution in [0, 0.1) is 0 Å². The van der Waals surface area contributed by atoms with Crippen molar-refractivity contribution in [3.05, 3.63) is 24.2 Å². The van der Waals surface area contributed by atoms with Crippen molar-refractivity contribution >= 4 is 11.3 Å². The highest BCUT2D eigenvalue weighted by Gasteiger charge is 2.19. The van der Waals surface area contributed by atoms with Gasteiger partial charge in [-0.3, -0.25) is 4.40 Å². The highest BCUT2D eigenvalue weighted by atomic mass is 16.5. The van der Waals surface area contributed by atoms with Gasteiger partial charge in [-0.1, -0.05) is 0 Å². The normalized spacial score (nSPS) is 20.6. The molecule has 1 atom stereocenters. The van der Waals surface area contributed by atoms with Gasteiger partial charge in [0.25, 0.3) is 0 Å². The molecule has 0 saturated carbocycles.